The highest BCUT2D eigenvalue weighted by Crippen LogP contribution is 2.36. The molecular formula is C32H33FN8O2. The summed E-state index contributed by atoms with van der Waals surface area (Å²) in [5.41, 5.74) is 7.50. The van der Waals surface area contributed by atoms with Gasteiger partial charge in [-0.2, -0.15) is 10.4 Å². The molecule has 4 aromatic rings. The molecule has 0 bridgehead atoms. The minimum absolute atomic E-state index is 0.187. The first-order valence-electron chi connectivity index (χ1n) is 14.5. The van der Waals surface area contributed by atoms with Crippen LogP contribution < -0.4 is 10.5 Å². The minimum Gasteiger partial charge on any atom is -0.457 e. The van der Waals surface area contributed by atoms with Crippen molar-refractivity contribution in [2.24, 2.45) is 5.92 Å². The monoisotopic (exact) mass is 580 g/mol. The highest BCUT2D eigenvalue weighted by Gasteiger charge is 2.31. The number of halogens is 1. The van der Waals surface area contributed by atoms with Gasteiger partial charge >= 0.3 is 0 Å². The number of carbonyl (C=O) groups is 1. The number of rotatable bonds is 6. The largest absolute Gasteiger partial charge is 0.457 e. The third kappa shape index (κ3) is 5.92. The average Bonchev–Trinajstić information content (AvgIpc) is 3.42. The van der Waals surface area contributed by atoms with Crippen molar-refractivity contribution in [2.75, 3.05) is 39.0 Å². The zero-order valence-corrected chi connectivity index (χ0v) is 24.0. The second kappa shape index (κ2) is 12.2. The number of piperidine rings is 2. The first-order valence-corrected chi connectivity index (χ1v) is 14.5. The van der Waals surface area contributed by atoms with Crippen molar-refractivity contribution in [1.82, 2.24) is 29.5 Å². The molecule has 1 atom stereocenters. The second-order valence-corrected chi connectivity index (χ2v) is 11.2. The Morgan fingerprint density at radius 1 is 1.09 bits per heavy atom. The summed E-state index contributed by atoms with van der Waals surface area (Å²) in [5.74, 6) is 0.555. The number of anilines is 1. The molecule has 2 aromatic carbocycles. The zero-order chi connectivity index (χ0) is 29.9. The summed E-state index contributed by atoms with van der Waals surface area (Å²) >= 11 is 0. The maximum atomic E-state index is 15.6. The summed E-state index contributed by atoms with van der Waals surface area (Å²) in [5, 5.41) is 15.1. The molecular weight excluding hydrogens is 547 g/mol. The predicted molar refractivity (Wildman–Crippen MR) is 160 cm³/mol. The molecule has 10 nitrogen and oxygen atoms in total. The summed E-state index contributed by atoms with van der Waals surface area (Å²) in [6.07, 6.45) is 6.52. The smallest absolute Gasteiger partial charge is 0.264 e. The van der Waals surface area contributed by atoms with E-state index in [0.717, 1.165) is 38.8 Å². The summed E-state index contributed by atoms with van der Waals surface area (Å²) in [6, 6.07) is 15.7. The normalized spacial score (nSPS) is 18.5. The third-order valence-electron chi connectivity index (χ3n) is 8.24. The van der Waals surface area contributed by atoms with Gasteiger partial charge in [-0.15, -0.1) is 0 Å². The number of para-hydroxylation sites is 1. The van der Waals surface area contributed by atoms with Crippen LogP contribution in [0.5, 0.6) is 11.5 Å². The Morgan fingerprint density at radius 3 is 2.63 bits per heavy atom. The predicted octanol–water partition coefficient (Wildman–Crippen LogP) is 4.96. The molecule has 1 amide bonds. The quantitative estimate of drug-likeness (QED) is 0.251. The fraction of sp³-hybridized carbons (Fsp3) is 0.344. The van der Waals surface area contributed by atoms with Gasteiger partial charge in [0, 0.05) is 24.7 Å². The lowest BCUT2D eigenvalue weighted by molar-refractivity contribution is -0.128. The van der Waals surface area contributed by atoms with E-state index in [4.69, 9.17) is 15.6 Å². The van der Waals surface area contributed by atoms with Crippen LogP contribution in [0, 0.1) is 23.1 Å². The van der Waals surface area contributed by atoms with Crippen LogP contribution in [0.4, 0.5) is 10.2 Å². The maximum absolute atomic E-state index is 15.6. The van der Waals surface area contributed by atoms with Crippen molar-refractivity contribution in [1.29, 1.82) is 5.26 Å². The minimum atomic E-state index is -0.526. The Labute approximate surface area is 249 Å². The fourth-order valence-corrected chi connectivity index (χ4v) is 5.91. The Morgan fingerprint density at radius 2 is 1.88 bits per heavy atom. The van der Waals surface area contributed by atoms with E-state index in [-0.39, 0.29) is 34.8 Å². The molecule has 2 aliphatic heterocycles. The molecule has 43 heavy (non-hydrogen) atoms. The van der Waals surface area contributed by atoms with Crippen LogP contribution in [-0.2, 0) is 4.79 Å². The topological polar surface area (TPSA) is 126 Å². The average molecular weight is 581 g/mol. The number of likely N-dealkylation sites (tertiary alicyclic amines) is 2. The number of hydrogen-bond donors (Lipinski definition) is 1. The van der Waals surface area contributed by atoms with Gasteiger partial charge in [-0.3, -0.25) is 4.79 Å². The van der Waals surface area contributed by atoms with Gasteiger partial charge in [-0.25, -0.2) is 19.0 Å². The number of aromatic nitrogens is 4. The number of fused-ring (bicyclic) bond motifs is 1. The molecule has 2 fully saturated rings. The van der Waals surface area contributed by atoms with Crippen LogP contribution in [0.15, 0.2) is 66.5 Å². The number of benzene rings is 2. The van der Waals surface area contributed by atoms with Crippen LogP contribution in [-0.4, -0.2) is 68.7 Å². The maximum Gasteiger partial charge on any atom is 0.264 e. The van der Waals surface area contributed by atoms with Crippen molar-refractivity contribution in [3.63, 3.8) is 0 Å². The SMILES string of the molecule is CN1CCC(C=C(C#N)C(=O)N2CCC[C@H](n3nc(-c4ccc(Oc5ccccc5)cc4F)c4c(N)ncnc43)C2)CC1. The van der Waals surface area contributed by atoms with E-state index in [1.807, 2.05) is 24.3 Å². The lowest BCUT2D eigenvalue weighted by atomic mass is 9.94. The molecule has 220 valence electrons. The van der Waals surface area contributed by atoms with Crippen molar-refractivity contribution in [3.05, 3.63) is 72.3 Å². The number of carbonyl (C=O) groups excluding carboxylic acids is 1. The van der Waals surface area contributed by atoms with Crippen molar-refractivity contribution in [2.45, 2.75) is 31.7 Å². The van der Waals surface area contributed by atoms with Crippen LogP contribution in [0.25, 0.3) is 22.3 Å². The molecule has 2 saturated heterocycles. The van der Waals surface area contributed by atoms with Gasteiger partial charge in [-0.1, -0.05) is 24.3 Å². The Hall–Kier alpha value is -4.82. The van der Waals surface area contributed by atoms with Crippen molar-refractivity contribution >= 4 is 22.8 Å². The van der Waals surface area contributed by atoms with Crippen LogP contribution in [0.2, 0.25) is 0 Å². The summed E-state index contributed by atoms with van der Waals surface area (Å²) < 4.78 is 23.1. The lowest BCUT2D eigenvalue weighted by Gasteiger charge is -2.33. The zero-order valence-electron chi connectivity index (χ0n) is 24.0. The number of allylic oxidation sites excluding steroid dienone is 1. The Balaban J connectivity index is 1.28. The molecule has 0 radical (unpaired) electrons. The molecule has 0 unspecified atom stereocenters. The molecule has 6 rings (SSSR count). The lowest BCUT2D eigenvalue weighted by Crippen LogP contribution is -2.41. The molecule has 0 aliphatic carbocycles. The number of ether oxygens (including phenoxy) is 1. The molecule has 2 aliphatic rings. The van der Waals surface area contributed by atoms with Gasteiger partial charge < -0.3 is 20.3 Å². The number of nitrogens with zero attached hydrogens (tertiary/aromatic N) is 7. The van der Waals surface area contributed by atoms with E-state index in [0.29, 0.717) is 41.3 Å². The van der Waals surface area contributed by atoms with Gasteiger partial charge in [0.15, 0.2) is 5.65 Å². The molecule has 0 spiro atoms. The van der Waals surface area contributed by atoms with Gasteiger partial charge in [0.1, 0.15) is 46.8 Å². The van der Waals surface area contributed by atoms with E-state index in [9.17, 15) is 10.1 Å². The highest BCUT2D eigenvalue weighted by atomic mass is 19.1. The van der Waals surface area contributed by atoms with Crippen LogP contribution >= 0.6 is 0 Å². The van der Waals surface area contributed by atoms with Gasteiger partial charge in [0.05, 0.1) is 11.4 Å². The summed E-state index contributed by atoms with van der Waals surface area (Å²) in [4.78, 5) is 26.1. The Bertz CT molecular complexity index is 1710. The number of nitriles is 1. The summed E-state index contributed by atoms with van der Waals surface area (Å²) in [6.45, 7) is 2.78. The molecule has 4 heterocycles. The van der Waals surface area contributed by atoms with Gasteiger partial charge in [0.25, 0.3) is 5.91 Å². The number of nitrogens with two attached hydrogens (primary N) is 1. The van der Waals surface area contributed by atoms with E-state index >= 15 is 4.39 Å². The standard InChI is InChI=1S/C32H33FN8O2/c1-39-14-11-21(12-15-39)16-22(18-34)32(42)40-13-5-6-23(19-40)41-31-28(30(35)36-20-37-31)29(38-41)26-10-9-25(17-27(26)33)43-24-7-3-2-4-8-24/h2-4,7-10,16-17,20-21,23H,5-6,11-15,19H2,1H3,(H2,35,36,37)/t23-/m0/s1. The molecule has 2 aromatic heterocycles. The van der Waals surface area contributed by atoms with Crippen molar-refractivity contribution in [3.8, 4) is 28.8 Å². The Kier molecular flexibility index (Phi) is 8.03. The van der Waals surface area contributed by atoms with Gasteiger partial charge in [-0.05, 0) is 76.0 Å². The molecule has 2 N–H and O–H groups in total. The highest BCUT2D eigenvalue weighted by molar-refractivity contribution is 5.99. The molecule has 11 heteroatoms. The summed E-state index contributed by atoms with van der Waals surface area (Å²) in [7, 11) is 2.08. The van der Waals surface area contributed by atoms with Crippen LogP contribution in [0.3, 0.4) is 0 Å². The first kappa shape index (κ1) is 28.3. The molecule has 0 saturated carbocycles. The number of amides is 1. The van der Waals surface area contributed by atoms with E-state index in [2.05, 4.69) is 28.0 Å². The fourth-order valence-electron chi connectivity index (χ4n) is 5.91. The van der Waals surface area contributed by atoms with E-state index in [1.165, 1.54) is 12.4 Å². The van der Waals surface area contributed by atoms with Crippen LogP contribution in [0.1, 0.15) is 31.7 Å². The second-order valence-electron chi connectivity index (χ2n) is 11.2. The first-order chi connectivity index (χ1) is 20.9. The van der Waals surface area contributed by atoms with Crippen molar-refractivity contribution < 1.29 is 13.9 Å². The van der Waals surface area contributed by atoms with E-state index < -0.39 is 5.82 Å². The van der Waals surface area contributed by atoms with Gasteiger partial charge in [0.2, 0.25) is 0 Å². The van der Waals surface area contributed by atoms with E-state index in [1.54, 1.807) is 33.8 Å². The third-order valence-corrected chi connectivity index (χ3v) is 8.24. The number of nitrogen functional groups attached to an aromatic ring is 1. The number of hydrogen-bond acceptors (Lipinski definition) is 8.